The van der Waals surface area contributed by atoms with Gasteiger partial charge < -0.3 is 5.73 Å². The Morgan fingerprint density at radius 1 is 1.32 bits per heavy atom. The first-order valence-electron chi connectivity index (χ1n) is 8.28. The van der Waals surface area contributed by atoms with Crippen LogP contribution in [0.25, 0.3) is 0 Å². The van der Waals surface area contributed by atoms with Gasteiger partial charge in [-0.25, -0.2) is 4.39 Å². The highest BCUT2D eigenvalue weighted by Gasteiger charge is 2.31. The molecular weight excluding hydrogens is 279 g/mol. The van der Waals surface area contributed by atoms with Crippen LogP contribution in [0, 0.1) is 17.7 Å². The summed E-state index contributed by atoms with van der Waals surface area (Å²) < 4.78 is 13.1. The van der Waals surface area contributed by atoms with Crippen molar-refractivity contribution >= 4 is 5.91 Å². The highest BCUT2D eigenvalue weighted by Crippen LogP contribution is 2.32. The molecule has 1 aliphatic rings. The molecule has 0 spiro atoms. The number of amides is 1. The molecule has 122 valence electrons. The summed E-state index contributed by atoms with van der Waals surface area (Å²) in [7, 11) is 0. The average Bonchev–Trinajstić information content (AvgIpc) is 2.90. The van der Waals surface area contributed by atoms with Crippen molar-refractivity contribution in [3.05, 3.63) is 35.6 Å². The Morgan fingerprint density at radius 3 is 2.59 bits per heavy atom. The van der Waals surface area contributed by atoms with E-state index in [9.17, 15) is 9.18 Å². The molecular formula is C18H27FN2O. The number of carbonyl (C=O) groups excluding carboxylic acids is 1. The molecule has 0 unspecified atom stereocenters. The fraction of sp³-hybridized carbons (Fsp3) is 0.611. The zero-order valence-corrected chi connectivity index (χ0v) is 13.5. The highest BCUT2D eigenvalue weighted by molar-refractivity contribution is 5.81. The van der Waals surface area contributed by atoms with E-state index in [-0.39, 0.29) is 5.82 Å². The van der Waals surface area contributed by atoms with Crippen molar-refractivity contribution in [3.8, 4) is 0 Å². The third-order valence-electron chi connectivity index (χ3n) is 4.64. The van der Waals surface area contributed by atoms with E-state index in [4.69, 9.17) is 5.73 Å². The number of primary amides is 1. The maximum Gasteiger partial charge on any atom is 0.239 e. The quantitative estimate of drug-likeness (QED) is 0.809. The van der Waals surface area contributed by atoms with Crippen molar-refractivity contribution in [1.82, 2.24) is 5.32 Å². The molecule has 4 heteroatoms. The van der Waals surface area contributed by atoms with Gasteiger partial charge in [0.15, 0.2) is 0 Å². The van der Waals surface area contributed by atoms with E-state index in [0.29, 0.717) is 17.9 Å². The predicted molar refractivity (Wildman–Crippen MR) is 86.7 cm³/mol. The smallest absolute Gasteiger partial charge is 0.239 e. The molecule has 3 atom stereocenters. The normalized spacial score (nSPS) is 22.9. The molecule has 2 rings (SSSR count). The molecule has 0 bridgehead atoms. The first kappa shape index (κ1) is 16.9. The molecule has 3 nitrogen and oxygen atoms in total. The first-order chi connectivity index (χ1) is 10.5. The summed E-state index contributed by atoms with van der Waals surface area (Å²) in [5.41, 5.74) is 6.30. The van der Waals surface area contributed by atoms with Crippen molar-refractivity contribution in [2.45, 2.75) is 58.0 Å². The van der Waals surface area contributed by atoms with Crippen molar-refractivity contribution in [1.29, 1.82) is 0 Å². The molecule has 0 saturated heterocycles. The van der Waals surface area contributed by atoms with Gasteiger partial charge in [-0.3, -0.25) is 10.1 Å². The third-order valence-corrected chi connectivity index (χ3v) is 4.64. The van der Waals surface area contributed by atoms with Crippen LogP contribution in [0.15, 0.2) is 24.3 Å². The molecule has 1 aliphatic carbocycles. The molecule has 1 amide bonds. The van der Waals surface area contributed by atoms with Crippen LogP contribution in [-0.4, -0.2) is 11.9 Å². The lowest BCUT2D eigenvalue weighted by Crippen LogP contribution is -2.41. The van der Waals surface area contributed by atoms with Gasteiger partial charge in [0.1, 0.15) is 11.9 Å². The van der Waals surface area contributed by atoms with Crippen LogP contribution in [0.1, 0.15) is 57.6 Å². The van der Waals surface area contributed by atoms with Gasteiger partial charge in [0, 0.05) is 6.04 Å². The SMILES string of the molecule is CC(C)CC[C@@H]1CCC[C@H]1N[C@H](C(N)=O)c1ccc(F)cc1. The zero-order valence-electron chi connectivity index (χ0n) is 13.5. The number of benzene rings is 1. The van der Waals surface area contributed by atoms with E-state index in [1.54, 1.807) is 12.1 Å². The average molecular weight is 306 g/mol. The Labute approximate surface area is 132 Å². The topological polar surface area (TPSA) is 55.1 Å². The van der Waals surface area contributed by atoms with Crippen LogP contribution in [0.3, 0.4) is 0 Å². The summed E-state index contributed by atoms with van der Waals surface area (Å²) in [6.45, 7) is 4.48. The summed E-state index contributed by atoms with van der Waals surface area (Å²) >= 11 is 0. The first-order valence-corrected chi connectivity index (χ1v) is 8.28. The van der Waals surface area contributed by atoms with Gasteiger partial charge in [0.05, 0.1) is 0 Å². The van der Waals surface area contributed by atoms with E-state index in [1.165, 1.54) is 37.8 Å². The molecule has 1 fully saturated rings. The molecule has 1 aromatic carbocycles. The lowest BCUT2D eigenvalue weighted by atomic mass is 9.92. The summed E-state index contributed by atoms with van der Waals surface area (Å²) in [5, 5.41) is 3.43. The second kappa shape index (κ2) is 7.73. The highest BCUT2D eigenvalue weighted by atomic mass is 19.1. The Hall–Kier alpha value is -1.42. The largest absolute Gasteiger partial charge is 0.368 e. The Balaban J connectivity index is 2.04. The Bertz CT molecular complexity index is 486. The van der Waals surface area contributed by atoms with Crippen molar-refractivity contribution < 1.29 is 9.18 Å². The number of hydrogen-bond donors (Lipinski definition) is 2. The predicted octanol–water partition coefficient (Wildman–Crippen LogP) is 3.55. The number of halogens is 1. The molecule has 3 N–H and O–H groups in total. The summed E-state index contributed by atoms with van der Waals surface area (Å²) in [6.07, 6.45) is 5.87. The fourth-order valence-electron chi connectivity index (χ4n) is 3.36. The minimum Gasteiger partial charge on any atom is -0.368 e. The van der Waals surface area contributed by atoms with Gasteiger partial charge >= 0.3 is 0 Å². The van der Waals surface area contributed by atoms with Gasteiger partial charge in [-0.2, -0.15) is 0 Å². The lowest BCUT2D eigenvalue weighted by Gasteiger charge is -2.26. The maximum atomic E-state index is 13.1. The fourth-order valence-corrected chi connectivity index (χ4v) is 3.36. The lowest BCUT2D eigenvalue weighted by molar-refractivity contribution is -0.120. The van der Waals surface area contributed by atoms with Crippen LogP contribution < -0.4 is 11.1 Å². The molecule has 22 heavy (non-hydrogen) atoms. The Morgan fingerprint density at radius 2 is 2.00 bits per heavy atom. The van der Waals surface area contributed by atoms with Gasteiger partial charge in [0.25, 0.3) is 0 Å². The van der Waals surface area contributed by atoms with Gasteiger partial charge in [-0.15, -0.1) is 0 Å². The maximum absolute atomic E-state index is 13.1. The number of hydrogen-bond acceptors (Lipinski definition) is 2. The molecule has 0 heterocycles. The molecule has 1 saturated carbocycles. The van der Waals surface area contributed by atoms with E-state index in [2.05, 4.69) is 19.2 Å². The summed E-state index contributed by atoms with van der Waals surface area (Å²) in [5.74, 6) is 0.596. The van der Waals surface area contributed by atoms with E-state index in [1.807, 2.05) is 0 Å². The van der Waals surface area contributed by atoms with E-state index >= 15 is 0 Å². The summed E-state index contributed by atoms with van der Waals surface area (Å²) in [6, 6.07) is 5.80. The van der Waals surface area contributed by atoms with E-state index < -0.39 is 11.9 Å². The van der Waals surface area contributed by atoms with Crippen molar-refractivity contribution in [3.63, 3.8) is 0 Å². The van der Waals surface area contributed by atoms with Crippen LogP contribution in [0.5, 0.6) is 0 Å². The van der Waals surface area contributed by atoms with Crippen molar-refractivity contribution in [2.24, 2.45) is 17.6 Å². The molecule has 0 aliphatic heterocycles. The number of carbonyl (C=O) groups is 1. The van der Waals surface area contributed by atoms with Crippen LogP contribution in [-0.2, 0) is 4.79 Å². The third kappa shape index (κ3) is 4.54. The second-order valence-corrected chi connectivity index (χ2v) is 6.82. The number of nitrogens with one attached hydrogen (secondary N) is 1. The van der Waals surface area contributed by atoms with Gasteiger partial charge in [0.2, 0.25) is 5.91 Å². The molecule has 1 aromatic rings. The van der Waals surface area contributed by atoms with Crippen LogP contribution in [0.4, 0.5) is 4.39 Å². The monoisotopic (exact) mass is 306 g/mol. The van der Waals surface area contributed by atoms with Gasteiger partial charge in [-0.05, 0) is 48.8 Å². The summed E-state index contributed by atoms with van der Waals surface area (Å²) in [4.78, 5) is 11.8. The van der Waals surface area contributed by atoms with Gasteiger partial charge in [-0.1, -0.05) is 38.8 Å². The zero-order chi connectivity index (χ0) is 16.1. The second-order valence-electron chi connectivity index (χ2n) is 6.82. The molecule has 0 radical (unpaired) electrons. The Kier molecular flexibility index (Phi) is 5.95. The van der Waals surface area contributed by atoms with Crippen LogP contribution in [0.2, 0.25) is 0 Å². The van der Waals surface area contributed by atoms with Crippen LogP contribution >= 0.6 is 0 Å². The van der Waals surface area contributed by atoms with E-state index in [0.717, 1.165) is 12.0 Å². The number of nitrogens with two attached hydrogens (primary N) is 1. The molecule has 0 aromatic heterocycles. The van der Waals surface area contributed by atoms with Crippen molar-refractivity contribution in [2.75, 3.05) is 0 Å². The minimum atomic E-state index is -0.537. The standard InChI is InChI=1S/C18H27FN2O/c1-12(2)6-7-13-4-3-5-16(13)21-17(18(20)22)14-8-10-15(19)11-9-14/h8-13,16-17,21H,3-7H2,1-2H3,(H2,20,22)/t13-,16+,17-/m0/s1. The number of rotatable bonds is 7. The minimum absolute atomic E-state index is 0.303.